The summed E-state index contributed by atoms with van der Waals surface area (Å²) in [5, 5.41) is 13.7. The lowest BCUT2D eigenvalue weighted by Crippen LogP contribution is -2.12. The van der Waals surface area contributed by atoms with Crippen molar-refractivity contribution in [3.63, 3.8) is 0 Å². The lowest BCUT2D eigenvalue weighted by Gasteiger charge is -2.07. The molecule has 10 heteroatoms. The van der Waals surface area contributed by atoms with E-state index in [2.05, 4.69) is 10.1 Å². The number of furan rings is 1. The van der Waals surface area contributed by atoms with E-state index in [9.17, 15) is 19.7 Å². The maximum atomic E-state index is 12.4. The second kappa shape index (κ2) is 9.44. The Hall–Kier alpha value is -4.34. The van der Waals surface area contributed by atoms with Crippen LogP contribution in [0.2, 0.25) is 0 Å². The summed E-state index contributed by atoms with van der Waals surface area (Å²) in [4.78, 5) is 34.5. The Morgan fingerprint density at radius 1 is 1.03 bits per heavy atom. The van der Waals surface area contributed by atoms with Gasteiger partial charge in [-0.15, -0.1) is 0 Å². The second-order valence-electron chi connectivity index (χ2n) is 6.16. The van der Waals surface area contributed by atoms with Crippen LogP contribution in [0.15, 0.2) is 59.0 Å². The molecule has 160 valence electrons. The molecule has 0 fully saturated rings. The summed E-state index contributed by atoms with van der Waals surface area (Å²) < 4.78 is 20.6. The molecule has 2 aromatic carbocycles. The van der Waals surface area contributed by atoms with Crippen molar-refractivity contribution in [2.24, 2.45) is 0 Å². The van der Waals surface area contributed by atoms with Gasteiger partial charge in [-0.25, -0.2) is 4.79 Å². The molecule has 1 aromatic heterocycles. The number of methoxy groups -OCH3 is 2. The van der Waals surface area contributed by atoms with E-state index in [1.165, 1.54) is 38.5 Å². The van der Waals surface area contributed by atoms with Gasteiger partial charge in [-0.1, -0.05) is 0 Å². The minimum atomic E-state index is -0.651. The lowest BCUT2D eigenvalue weighted by atomic mass is 10.2. The number of nitro benzene ring substituents is 1. The zero-order chi connectivity index (χ0) is 22.4. The number of carbonyl (C=O) groups is 2. The Kier molecular flexibility index (Phi) is 6.51. The first kappa shape index (κ1) is 21.4. The van der Waals surface area contributed by atoms with Crippen LogP contribution in [0.1, 0.15) is 26.7 Å². The molecule has 0 saturated carbocycles. The summed E-state index contributed by atoms with van der Waals surface area (Å²) >= 11 is 0. The molecule has 0 aliphatic rings. The van der Waals surface area contributed by atoms with Gasteiger partial charge in [0.1, 0.15) is 29.6 Å². The van der Waals surface area contributed by atoms with Gasteiger partial charge in [0.15, 0.2) is 5.76 Å². The first-order valence-electron chi connectivity index (χ1n) is 8.95. The van der Waals surface area contributed by atoms with Crippen LogP contribution in [0.25, 0.3) is 0 Å². The molecule has 0 aliphatic carbocycles. The molecule has 0 spiro atoms. The van der Waals surface area contributed by atoms with Crippen molar-refractivity contribution in [2.75, 3.05) is 19.5 Å². The van der Waals surface area contributed by atoms with Crippen molar-refractivity contribution in [3.8, 4) is 11.5 Å². The number of amides is 1. The molecule has 0 saturated heterocycles. The quantitative estimate of drug-likeness (QED) is 0.327. The van der Waals surface area contributed by atoms with E-state index in [1.807, 2.05) is 0 Å². The SMILES string of the molecule is COC(=O)c1ccc(OCc2ccc(C(=O)Nc3ccc(OC)cc3[N+](=O)[O-])o2)cc1. The number of ether oxygens (including phenoxy) is 3. The maximum absolute atomic E-state index is 12.4. The highest BCUT2D eigenvalue weighted by atomic mass is 16.6. The average Bonchev–Trinajstić information content (AvgIpc) is 3.27. The number of carbonyl (C=O) groups excluding carboxylic acids is 2. The second-order valence-corrected chi connectivity index (χ2v) is 6.16. The minimum absolute atomic E-state index is 0.00990. The summed E-state index contributed by atoms with van der Waals surface area (Å²) in [6, 6.07) is 13.4. The van der Waals surface area contributed by atoms with Crippen molar-refractivity contribution < 1.29 is 33.1 Å². The van der Waals surface area contributed by atoms with Gasteiger partial charge in [-0.3, -0.25) is 14.9 Å². The van der Waals surface area contributed by atoms with Gasteiger partial charge in [0.25, 0.3) is 11.6 Å². The van der Waals surface area contributed by atoms with Crippen molar-refractivity contribution in [1.82, 2.24) is 0 Å². The summed E-state index contributed by atoms with van der Waals surface area (Å²) in [5.41, 5.74) is 0.0911. The smallest absolute Gasteiger partial charge is 0.337 e. The van der Waals surface area contributed by atoms with Crippen LogP contribution in [0, 0.1) is 10.1 Å². The van der Waals surface area contributed by atoms with Gasteiger partial charge in [0.05, 0.1) is 30.8 Å². The Labute approximate surface area is 176 Å². The number of nitro groups is 1. The van der Waals surface area contributed by atoms with E-state index in [0.29, 0.717) is 22.8 Å². The van der Waals surface area contributed by atoms with E-state index < -0.39 is 16.8 Å². The largest absolute Gasteiger partial charge is 0.496 e. The Balaban J connectivity index is 1.63. The van der Waals surface area contributed by atoms with E-state index in [-0.39, 0.29) is 23.7 Å². The van der Waals surface area contributed by atoms with E-state index >= 15 is 0 Å². The van der Waals surface area contributed by atoms with Crippen LogP contribution in [-0.2, 0) is 11.3 Å². The molecule has 1 N–H and O–H groups in total. The summed E-state index contributed by atoms with van der Waals surface area (Å²) in [6.07, 6.45) is 0. The van der Waals surface area contributed by atoms with E-state index in [1.54, 1.807) is 30.3 Å². The summed E-state index contributed by atoms with van der Waals surface area (Å²) in [5.74, 6) is 0.00845. The third-order valence-corrected chi connectivity index (χ3v) is 4.19. The van der Waals surface area contributed by atoms with Gasteiger partial charge < -0.3 is 23.9 Å². The molecule has 1 amide bonds. The monoisotopic (exact) mass is 426 g/mol. The summed E-state index contributed by atoms with van der Waals surface area (Å²) in [6.45, 7) is 0.0353. The van der Waals surface area contributed by atoms with Crippen molar-refractivity contribution in [1.29, 1.82) is 0 Å². The van der Waals surface area contributed by atoms with Crippen LogP contribution in [-0.4, -0.2) is 31.0 Å². The van der Waals surface area contributed by atoms with E-state index in [0.717, 1.165) is 0 Å². The van der Waals surface area contributed by atoms with Gasteiger partial charge in [-0.2, -0.15) is 0 Å². The van der Waals surface area contributed by atoms with Crippen LogP contribution < -0.4 is 14.8 Å². The molecule has 3 rings (SSSR count). The van der Waals surface area contributed by atoms with Gasteiger partial charge in [0.2, 0.25) is 0 Å². The average molecular weight is 426 g/mol. The van der Waals surface area contributed by atoms with Crippen LogP contribution in [0.3, 0.4) is 0 Å². The Morgan fingerprint density at radius 3 is 2.39 bits per heavy atom. The molecule has 0 atom stereocenters. The number of esters is 1. The van der Waals surface area contributed by atoms with Crippen LogP contribution in [0.4, 0.5) is 11.4 Å². The fourth-order valence-electron chi connectivity index (χ4n) is 2.62. The number of hydrogen-bond donors (Lipinski definition) is 1. The number of benzene rings is 2. The standard InChI is InChI=1S/C21H18N2O8/c1-28-15-7-9-17(18(11-15)23(26)27)22-20(24)19-10-8-16(31-19)12-30-14-5-3-13(4-6-14)21(25)29-2/h3-11H,12H2,1-2H3,(H,22,24). The molecule has 10 nitrogen and oxygen atoms in total. The normalized spacial score (nSPS) is 10.3. The third kappa shape index (κ3) is 5.18. The first-order valence-corrected chi connectivity index (χ1v) is 8.95. The molecule has 0 radical (unpaired) electrons. The fraction of sp³-hybridized carbons (Fsp3) is 0.143. The number of nitrogens with one attached hydrogen (secondary N) is 1. The maximum Gasteiger partial charge on any atom is 0.337 e. The lowest BCUT2D eigenvalue weighted by molar-refractivity contribution is -0.384. The molecule has 0 bridgehead atoms. The molecule has 0 aliphatic heterocycles. The van der Waals surface area contributed by atoms with Gasteiger partial charge in [-0.05, 0) is 48.5 Å². The predicted molar refractivity (Wildman–Crippen MR) is 108 cm³/mol. The van der Waals surface area contributed by atoms with Gasteiger partial charge >= 0.3 is 5.97 Å². The molecular formula is C21H18N2O8. The highest BCUT2D eigenvalue weighted by Gasteiger charge is 2.20. The third-order valence-electron chi connectivity index (χ3n) is 4.19. The van der Waals surface area contributed by atoms with Crippen molar-refractivity contribution >= 4 is 23.3 Å². The molecule has 0 unspecified atom stereocenters. The number of nitrogens with zero attached hydrogens (tertiary/aromatic N) is 1. The molecular weight excluding hydrogens is 408 g/mol. The topological polar surface area (TPSA) is 130 Å². The molecule has 1 heterocycles. The fourth-order valence-corrected chi connectivity index (χ4v) is 2.62. The number of hydrogen-bond acceptors (Lipinski definition) is 8. The molecule has 3 aromatic rings. The predicted octanol–water partition coefficient (Wildman–Crippen LogP) is 3.81. The minimum Gasteiger partial charge on any atom is -0.496 e. The highest BCUT2D eigenvalue weighted by molar-refractivity contribution is 6.03. The zero-order valence-electron chi connectivity index (χ0n) is 16.6. The Bertz CT molecular complexity index is 1100. The van der Waals surface area contributed by atoms with Crippen LogP contribution in [0.5, 0.6) is 11.5 Å². The van der Waals surface area contributed by atoms with Gasteiger partial charge in [0, 0.05) is 0 Å². The van der Waals surface area contributed by atoms with Crippen LogP contribution >= 0.6 is 0 Å². The highest BCUT2D eigenvalue weighted by Crippen LogP contribution is 2.29. The van der Waals surface area contributed by atoms with Crippen molar-refractivity contribution in [2.45, 2.75) is 6.61 Å². The van der Waals surface area contributed by atoms with E-state index in [4.69, 9.17) is 13.9 Å². The number of rotatable bonds is 8. The zero-order valence-corrected chi connectivity index (χ0v) is 16.6. The summed E-state index contributed by atoms with van der Waals surface area (Å²) in [7, 11) is 2.68. The Morgan fingerprint density at radius 2 is 1.74 bits per heavy atom. The molecule has 31 heavy (non-hydrogen) atoms. The van der Waals surface area contributed by atoms with Crippen molar-refractivity contribution in [3.05, 3.63) is 81.8 Å². The number of anilines is 1. The first-order chi connectivity index (χ1) is 14.9.